The molecule has 5 N–H and O–H groups in total. The van der Waals surface area contributed by atoms with E-state index in [1.807, 2.05) is 6.07 Å². The number of hydrogen-bond donors (Lipinski definition) is 3. The molecule has 0 bridgehead atoms. The van der Waals surface area contributed by atoms with Crippen LogP contribution in [0.1, 0.15) is 93.2 Å². The number of imide groups is 1. The van der Waals surface area contributed by atoms with Crippen LogP contribution in [0.5, 0.6) is 11.5 Å². The molecule has 0 fully saturated rings. The zero-order valence-electron chi connectivity index (χ0n) is 24.4. The summed E-state index contributed by atoms with van der Waals surface area (Å²) in [5.41, 5.74) is 8.96. The number of hydrazine groups is 1. The number of nitrogens with two attached hydrogens (primary N) is 2. The van der Waals surface area contributed by atoms with Gasteiger partial charge in [-0.25, -0.2) is 10.9 Å². The molecular weight excluding hydrogens is 504 g/mol. The summed E-state index contributed by atoms with van der Waals surface area (Å²) < 4.78 is 6.44. The lowest BCUT2D eigenvalue weighted by molar-refractivity contribution is -0.126. The second-order valence-electron chi connectivity index (χ2n) is 11.2. The minimum absolute atomic E-state index is 0.00430. The van der Waals surface area contributed by atoms with Crippen LogP contribution in [0.2, 0.25) is 0 Å². The maximum Gasteiger partial charge on any atom is 0.276 e. The Hall–Kier alpha value is -4.17. The van der Waals surface area contributed by atoms with Gasteiger partial charge in [-0.1, -0.05) is 65.8 Å². The summed E-state index contributed by atoms with van der Waals surface area (Å²) in [5, 5.41) is 3.26. The molecule has 0 radical (unpaired) electrons. The fraction of sp³-hybridized carbons (Fsp3) is 0.344. The molecule has 3 aromatic rings. The van der Waals surface area contributed by atoms with E-state index in [1.54, 1.807) is 30.3 Å². The number of benzene rings is 3. The first-order valence-corrected chi connectivity index (χ1v) is 13.4. The molecule has 40 heavy (non-hydrogen) atoms. The lowest BCUT2D eigenvalue weighted by Crippen LogP contribution is -2.41. The van der Waals surface area contributed by atoms with Gasteiger partial charge in [-0.05, 0) is 65.6 Å². The van der Waals surface area contributed by atoms with E-state index in [9.17, 15) is 14.4 Å². The third kappa shape index (κ3) is 6.51. The van der Waals surface area contributed by atoms with Crippen LogP contribution in [0, 0.1) is 0 Å². The summed E-state index contributed by atoms with van der Waals surface area (Å²) >= 11 is 0. The van der Waals surface area contributed by atoms with Crippen LogP contribution in [0.4, 0.5) is 11.4 Å². The average molecular weight is 545 g/mol. The number of carbonyl (C=O) groups is 3. The van der Waals surface area contributed by atoms with Crippen molar-refractivity contribution in [1.82, 2.24) is 5.01 Å². The molecule has 8 nitrogen and oxygen atoms in total. The maximum atomic E-state index is 13.5. The topological polar surface area (TPSA) is 128 Å². The van der Waals surface area contributed by atoms with Crippen molar-refractivity contribution in [2.75, 3.05) is 11.1 Å². The molecule has 0 spiro atoms. The van der Waals surface area contributed by atoms with Crippen LogP contribution in [0.25, 0.3) is 0 Å². The van der Waals surface area contributed by atoms with Gasteiger partial charge in [0.1, 0.15) is 11.5 Å². The Morgan fingerprint density at radius 2 is 1.48 bits per heavy atom. The Morgan fingerprint density at radius 3 is 2.10 bits per heavy atom. The highest BCUT2D eigenvalue weighted by molar-refractivity contribution is 6.12. The van der Waals surface area contributed by atoms with Crippen molar-refractivity contribution in [3.05, 3.63) is 82.9 Å². The molecule has 3 rings (SSSR count). The number of rotatable bonds is 9. The van der Waals surface area contributed by atoms with Crippen LogP contribution in [-0.4, -0.2) is 22.7 Å². The molecule has 0 aliphatic carbocycles. The minimum atomic E-state index is -0.742. The Labute approximate surface area is 236 Å². The molecule has 8 heteroatoms. The van der Waals surface area contributed by atoms with Gasteiger partial charge in [0.25, 0.3) is 11.8 Å². The molecule has 0 atom stereocenters. The second kappa shape index (κ2) is 11.9. The Bertz CT molecular complexity index is 1430. The molecule has 0 saturated heterocycles. The van der Waals surface area contributed by atoms with Crippen molar-refractivity contribution in [2.45, 2.75) is 72.1 Å². The Kier molecular flexibility index (Phi) is 9.05. The van der Waals surface area contributed by atoms with Crippen molar-refractivity contribution in [3.63, 3.8) is 0 Å². The third-order valence-electron chi connectivity index (χ3n) is 7.69. The SMILES string of the molecule is CCC(C)(C)c1ccc(Oc2ccc(N)cc2C(=O)Nc2ccccc2C(=O)N(N)C(C)=O)c(C(C)(C)CC)c1. The first kappa shape index (κ1) is 30.4. The number of nitrogens with one attached hydrogen (secondary N) is 1. The van der Waals surface area contributed by atoms with E-state index >= 15 is 0 Å². The number of nitrogen functional groups attached to an aromatic ring is 1. The molecule has 0 unspecified atom stereocenters. The highest BCUT2D eigenvalue weighted by Crippen LogP contribution is 2.41. The van der Waals surface area contributed by atoms with Crippen molar-refractivity contribution in [1.29, 1.82) is 0 Å². The van der Waals surface area contributed by atoms with E-state index in [-0.39, 0.29) is 27.6 Å². The standard InChI is InChI=1S/C32H40N4O4/c1-8-31(4,5)21-14-16-28(25(18-21)32(6,7)9-2)40-27-17-15-22(33)19-24(27)29(38)35-26-13-11-10-12-23(26)30(39)36(34)20(3)37/h10-19H,8-9,33-34H2,1-7H3,(H,35,38). The van der Waals surface area contributed by atoms with E-state index in [4.69, 9.17) is 16.3 Å². The summed E-state index contributed by atoms with van der Waals surface area (Å²) in [5.74, 6) is 4.69. The predicted molar refractivity (Wildman–Crippen MR) is 159 cm³/mol. The summed E-state index contributed by atoms with van der Waals surface area (Å²) in [4.78, 5) is 37.9. The molecule has 0 aliphatic rings. The molecule has 3 aromatic carbocycles. The largest absolute Gasteiger partial charge is 0.456 e. The summed E-state index contributed by atoms with van der Waals surface area (Å²) in [6, 6.07) is 17.4. The number of ether oxygens (including phenoxy) is 1. The summed E-state index contributed by atoms with van der Waals surface area (Å²) in [6.45, 7) is 14.3. The lowest BCUT2D eigenvalue weighted by atomic mass is 9.76. The van der Waals surface area contributed by atoms with E-state index < -0.39 is 17.7 Å². The lowest BCUT2D eigenvalue weighted by Gasteiger charge is -2.30. The number of amides is 3. The number of para-hydroxylation sites is 1. The first-order chi connectivity index (χ1) is 18.7. The van der Waals surface area contributed by atoms with Gasteiger partial charge < -0.3 is 15.8 Å². The van der Waals surface area contributed by atoms with E-state index in [0.29, 0.717) is 22.2 Å². The van der Waals surface area contributed by atoms with Crippen molar-refractivity contribution in [2.24, 2.45) is 5.84 Å². The number of carbonyl (C=O) groups excluding carboxylic acids is 3. The second-order valence-corrected chi connectivity index (χ2v) is 11.2. The van der Waals surface area contributed by atoms with E-state index in [0.717, 1.165) is 18.4 Å². The smallest absolute Gasteiger partial charge is 0.276 e. The minimum Gasteiger partial charge on any atom is -0.456 e. The predicted octanol–water partition coefficient (Wildman–Crippen LogP) is 6.55. The van der Waals surface area contributed by atoms with E-state index in [1.165, 1.54) is 24.6 Å². The van der Waals surface area contributed by atoms with Crippen molar-refractivity contribution < 1.29 is 19.1 Å². The first-order valence-electron chi connectivity index (χ1n) is 13.4. The van der Waals surface area contributed by atoms with E-state index in [2.05, 4.69) is 59.0 Å². The highest BCUT2D eigenvalue weighted by Gasteiger charge is 2.28. The van der Waals surface area contributed by atoms with Gasteiger partial charge in [-0.3, -0.25) is 14.4 Å². The third-order valence-corrected chi connectivity index (χ3v) is 7.69. The zero-order valence-corrected chi connectivity index (χ0v) is 24.4. The van der Waals surface area contributed by atoms with Crippen LogP contribution in [0.15, 0.2) is 60.7 Å². The van der Waals surface area contributed by atoms with Gasteiger partial charge in [-0.15, -0.1) is 0 Å². The quantitative estimate of drug-likeness (QED) is 0.121. The zero-order chi connectivity index (χ0) is 29.8. The van der Waals surface area contributed by atoms with Gasteiger partial charge >= 0.3 is 0 Å². The van der Waals surface area contributed by atoms with Gasteiger partial charge in [-0.2, -0.15) is 0 Å². The van der Waals surface area contributed by atoms with Gasteiger partial charge in [0, 0.05) is 18.2 Å². The van der Waals surface area contributed by atoms with Gasteiger partial charge in [0.2, 0.25) is 5.91 Å². The average Bonchev–Trinajstić information content (AvgIpc) is 2.93. The maximum absolute atomic E-state index is 13.5. The van der Waals surface area contributed by atoms with Crippen molar-refractivity contribution in [3.8, 4) is 11.5 Å². The van der Waals surface area contributed by atoms with Crippen LogP contribution < -0.4 is 21.6 Å². The van der Waals surface area contributed by atoms with Crippen LogP contribution >= 0.6 is 0 Å². The molecule has 0 saturated carbocycles. The van der Waals surface area contributed by atoms with Crippen molar-refractivity contribution >= 4 is 29.1 Å². The highest BCUT2D eigenvalue weighted by atomic mass is 16.5. The van der Waals surface area contributed by atoms with Gasteiger partial charge in [0.15, 0.2) is 0 Å². The Morgan fingerprint density at radius 1 is 0.850 bits per heavy atom. The molecule has 0 heterocycles. The number of hydrogen-bond acceptors (Lipinski definition) is 6. The summed E-state index contributed by atoms with van der Waals surface area (Å²) in [7, 11) is 0. The molecular formula is C32H40N4O4. The monoisotopic (exact) mass is 544 g/mol. The Balaban J connectivity index is 2.04. The molecule has 0 aromatic heterocycles. The fourth-order valence-electron chi connectivity index (χ4n) is 4.14. The molecule has 0 aliphatic heterocycles. The number of nitrogens with zero attached hydrogens (tertiary/aromatic N) is 1. The normalized spacial score (nSPS) is 11.6. The molecule has 212 valence electrons. The summed E-state index contributed by atoms with van der Waals surface area (Å²) in [6.07, 6.45) is 1.87. The van der Waals surface area contributed by atoms with Crippen LogP contribution in [-0.2, 0) is 15.6 Å². The van der Waals surface area contributed by atoms with Gasteiger partial charge in [0.05, 0.1) is 16.8 Å². The fourth-order valence-corrected chi connectivity index (χ4v) is 4.14. The number of anilines is 2. The molecule has 3 amide bonds. The van der Waals surface area contributed by atoms with Crippen LogP contribution in [0.3, 0.4) is 0 Å².